The lowest BCUT2D eigenvalue weighted by atomic mass is 9.99. The van der Waals surface area contributed by atoms with E-state index < -0.39 is 0 Å². The molecule has 0 amide bonds. The quantitative estimate of drug-likeness (QED) is 0.580. The van der Waals surface area contributed by atoms with Crippen molar-refractivity contribution in [2.24, 2.45) is 0 Å². The molecular formula is C19H18BrN3OS. The van der Waals surface area contributed by atoms with Gasteiger partial charge in [-0.1, -0.05) is 6.07 Å². The topological polar surface area (TPSA) is 38.2 Å². The van der Waals surface area contributed by atoms with Crippen molar-refractivity contribution >= 4 is 44.4 Å². The lowest BCUT2D eigenvalue weighted by Crippen LogP contribution is -2.31. The fraction of sp³-hybridized carbons (Fsp3) is 0.263. The number of fused-ring (bicyclic) bond motifs is 2. The fourth-order valence-electron chi connectivity index (χ4n) is 3.33. The molecule has 0 saturated heterocycles. The third kappa shape index (κ3) is 2.98. The van der Waals surface area contributed by atoms with Crippen LogP contribution in [0.1, 0.15) is 11.1 Å². The van der Waals surface area contributed by atoms with Crippen LogP contribution < -0.4 is 9.64 Å². The van der Waals surface area contributed by atoms with Gasteiger partial charge in [-0.2, -0.15) is 0 Å². The lowest BCUT2D eigenvalue weighted by Gasteiger charge is -2.31. The van der Waals surface area contributed by atoms with Crippen molar-refractivity contribution in [1.29, 1.82) is 0 Å². The molecule has 4 rings (SSSR count). The summed E-state index contributed by atoms with van der Waals surface area (Å²) in [5.41, 5.74) is 3.63. The summed E-state index contributed by atoms with van der Waals surface area (Å²) in [5.74, 6) is 1.91. The summed E-state index contributed by atoms with van der Waals surface area (Å²) in [6.45, 7) is 1.77. The first-order valence-electron chi connectivity index (χ1n) is 8.09. The Morgan fingerprint density at radius 2 is 2.08 bits per heavy atom. The number of rotatable bonds is 3. The number of anilines is 1. The first kappa shape index (κ1) is 16.7. The molecule has 0 radical (unpaired) electrons. The molecule has 0 fully saturated rings. The number of halogens is 1. The van der Waals surface area contributed by atoms with E-state index in [1.54, 1.807) is 25.2 Å². The monoisotopic (exact) mass is 415 g/mol. The van der Waals surface area contributed by atoms with Crippen LogP contribution >= 0.6 is 27.7 Å². The van der Waals surface area contributed by atoms with Gasteiger partial charge in [-0.3, -0.25) is 0 Å². The van der Waals surface area contributed by atoms with Gasteiger partial charge in [0.1, 0.15) is 17.9 Å². The highest BCUT2D eigenvalue weighted by molar-refractivity contribution is 9.10. The Kier molecular flexibility index (Phi) is 4.56. The number of nitrogens with zero attached hydrogens (tertiary/aromatic N) is 3. The highest BCUT2D eigenvalue weighted by Gasteiger charge is 2.22. The largest absolute Gasteiger partial charge is 0.496 e. The minimum Gasteiger partial charge on any atom is -0.496 e. The van der Waals surface area contributed by atoms with Crippen LogP contribution in [0.5, 0.6) is 5.75 Å². The smallest absolute Gasteiger partial charge is 0.140 e. The van der Waals surface area contributed by atoms with E-state index in [2.05, 4.69) is 61.3 Å². The van der Waals surface area contributed by atoms with Crippen LogP contribution in [0.2, 0.25) is 0 Å². The number of benzene rings is 2. The molecule has 0 unspecified atom stereocenters. The summed E-state index contributed by atoms with van der Waals surface area (Å²) >= 11 is 5.43. The Balaban J connectivity index is 1.75. The number of aromatic nitrogens is 2. The van der Waals surface area contributed by atoms with Crippen molar-refractivity contribution in [3.63, 3.8) is 0 Å². The number of thioether (sulfide) groups is 1. The van der Waals surface area contributed by atoms with Gasteiger partial charge in [0.2, 0.25) is 0 Å². The van der Waals surface area contributed by atoms with Gasteiger partial charge in [-0.15, -0.1) is 11.8 Å². The first-order valence-corrected chi connectivity index (χ1v) is 10.1. The van der Waals surface area contributed by atoms with Crippen LogP contribution in [0.3, 0.4) is 0 Å². The zero-order valence-corrected chi connectivity index (χ0v) is 16.5. The van der Waals surface area contributed by atoms with E-state index in [9.17, 15) is 0 Å². The zero-order valence-electron chi connectivity index (χ0n) is 14.1. The molecule has 0 spiro atoms. The van der Waals surface area contributed by atoms with Crippen molar-refractivity contribution < 1.29 is 4.74 Å². The van der Waals surface area contributed by atoms with E-state index in [1.165, 1.54) is 16.0 Å². The van der Waals surface area contributed by atoms with E-state index >= 15 is 0 Å². The highest BCUT2D eigenvalue weighted by atomic mass is 79.9. The Morgan fingerprint density at radius 1 is 1.20 bits per heavy atom. The van der Waals surface area contributed by atoms with Gasteiger partial charge >= 0.3 is 0 Å². The van der Waals surface area contributed by atoms with E-state index in [0.29, 0.717) is 0 Å². The molecule has 1 aliphatic heterocycles. The third-order valence-electron chi connectivity index (χ3n) is 4.64. The average molecular weight is 416 g/mol. The Hall–Kier alpha value is -1.79. The minimum atomic E-state index is 0.841. The molecule has 1 aromatic heterocycles. The number of ether oxygens (including phenoxy) is 1. The molecule has 2 aromatic carbocycles. The van der Waals surface area contributed by atoms with Crippen LogP contribution in [0, 0.1) is 0 Å². The molecule has 3 aromatic rings. The summed E-state index contributed by atoms with van der Waals surface area (Å²) in [5, 5.41) is 1.12. The standard InChI is InChI=1S/C19H18BrN3OS/c1-24-17-6-3-12-10-23(8-7-14(12)18(17)20)19-15-9-13(25-2)4-5-16(15)21-11-22-19/h3-6,9,11H,7-8,10H2,1-2H3. The second-order valence-corrected chi connectivity index (χ2v) is 7.64. The van der Waals surface area contributed by atoms with Crippen molar-refractivity contribution in [3.05, 3.63) is 52.3 Å². The van der Waals surface area contributed by atoms with Gasteiger partial charge in [0.25, 0.3) is 0 Å². The number of hydrogen-bond donors (Lipinski definition) is 0. The molecule has 2 heterocycles. The first-order chi connectivity index (χ1) is 12.2. The highest BCUT2D eigenvalue weighted by Crippen LogP contribution is 2.36. The molecule has 6 heteroatoms. The summed E-state index contributed by atoms with van der Waals surface area (Å²) < 4.78 is 6.50. The summed E-state index contributed by atoms with van der Waals surface area (Å²) in [7, 11) is 1.71. The maximum Gasteiger partial charge on any atom is 0.140 e. The number of methoxy groups -OCH3 is 1. The van der Waals surface area contributed by atoms with Gasteiger partial charge in [-0.25, -0.2) is 9.97 Å². The number of hydrogen-bond acceptors (Lipinski definition) is 5. The predicted molar refractivity (Wildman–Crippen MR) is 107 cm³/mol. The Labute approximate surface area is 159 Å². The van der Waals surface area contributed by atoms with Crippen molar-refractivity contribution in [1.82, 2.24) is 9.97 Å². The maximum absolute atomic E-state index is 5.42. The lowest BCUT2D eigenvalue weighted by molar-refractivity contribution is 0.411. The molecule has 0 bridgehead atoms. The molecule has 0 saturated carbocycles. The summed E-state index contributed by atoms with van der Waals surface area (Å²) in [4.78, 5) is 12.6. The maximum atomic E-state index is 5.42. The second-order valence-electron chi connectivity index (χ2n) is 5.97. The molecule has 0 aliphatic carbocycles. The van der Waals surface area contributed by atoms with Gasteiger partial charge in [-0.05, 0) is 64.0 Å². The average Bonchev–Trinajstić information content (AvgIpc) is 2.67. The SMILES string of the molecule is COc1ccc2c(c1Br)CCN(c1ncnc3ccc(SC)cc13)C2. The third-order valence-corrected chi connectivity index (χ3v) is 6.23. The normalized spacial score (nSPS) is 13.8. The van der Waals surface area contributed by atoms with Crippen LogP contribution in [0.4, 0.5) is 5.82 Å². The van der Waals surface area contributed by atoms with Crippen LogP contribution in [0.25, 0.3) is 10.9 Å². The Bertz CT molecular complexity index is 947. The Morgan fingerprint density at radius 3 is 2.88 bits per heavy atom. The summed E-state index contributed by atoms with van der Waals surface area (Å²) in [6, 6.07) is 10.6. The molecule has 0 N–H and O–H groups in total. The molecule has 1 aliphatic rings. The van der Waals surface area contributed by atoms with E-state index in [-0.39, 0.29) is 0 Å². The van der Waals surface area contributed by atoms with Crippen LogP contribution in [-0.4, -0.2) is 29.9 Å². The van der Waals surface area contributed by atoms with Gasteiger partial charge in [0, 0.05) is 23.4 Å². The van der Waals surface area contributed by atoms with Gasteiger partial charge < -0.3 is 9.64 Å². The molecule has 128 valence electrons. The van der Waals surface area contributed by atoms with Gasteiger partial charge in [0.05, 0.1) is 17.1 Å². The molecule has 25 heavy (non-hydrogen) atoms. The van der Waals surface area contributed by atoms with Gasteiger partial charge in [0.15, 0.2) is 0 Å². The van der Waals surface area contributed by atoms with Crippen LogP contribution in [0.15, 0.2) is 46.0 Å². The molecule has 0 atom stereocenters. The van der Waals surface area contributed by atoms with E-state index in [4.69, 9.17) is 4.74 Å². The molecule has 4 nitrogen and oxygen atoms in total. The minimum absolute atomic E-state index is 0.841. The predicted octanol–water partition coefficient (Wildman–Crippen LogP) is 4.69. The fourth-order valence-corrected chi connectivity index (χ4v) is 4.52. The molecular weight excluding hydrogens is 398 g/mol. The van der Waals surface area contributed by atoms with Crippen molar-refractivity contribution in [2.75, 3.05) is 24.8 Å². The van der Waals surface area contributed by atoms with Crippen molar-refractivity contribution in [3.8, 4) is 5.75 Å². The van der Waals surface area contributed by atoms with Crippen molar-refractivity contribution in [2.45, 2.75) is 17.9 Å². The summed E-state index contributed by atoms with van der Waals surface area (Å²) in [6.07, 6.45) is 4.71. The van der Waals surface area contributed by atoms with Crippen LogP contribution in [-0.2, 0) is 13.0 Å². The zero-order chi connectivity index (χ0) is 17.4. The van der Waals surface area contributed by atoms with E-state index in [1.807, 2.05) is 6.07 Å². The van der Waals surface area contributed by atoms with E-state index in [0.717, 1.165) is 46.5 Å². The second kappa shape index (κ2) is 6.84.